The second-order valence-electron chi connectivity index (χ2n) is 5.29. The molecule has 1 saturated carbocycles. The summed E-state index contributed by atoms with van der Waals surface area (Å²) in [7, 11) is 0. The molecule has 1 aliphatic carbocycles. The maximum Gasteiger partial charge on any atom is 0.238 e. The lowest BCUT2D eigenvalue weighted by Gasteiger charge is -2.45. The Bertz CT molecular complexity index is 240. The molecule has 88 valence electrons. The molecule has 3 unspecified atom stereocenters. The standard InChI is InChI=1S/C12H24N2O/c1-8(2)14-12(11(13)15)7-5-6-9(3)10(12)4/h8-10,14H,5-7H2,1-4H3,(H2,13,15). The van der Waals surface area contributed by atoms with E-state index in [-0.39, 0.29) is 5.91 Å². The van der Waals surface area contributed by atoms with Crippen molar-refractivity contribution in [3.63, 3.8) is 0 Å². The molecule has 0 aromatic rings. The molecule has 0 aromatic carbocycles. The number of amides is 1. The Morgan fingerprint density at radius 3 is 2.53 bits per heavy atom. The van der Waals surface area contributed by atoms with E-state index < -0.39 is 5.54 Å². The summed E-state index contributed by atoms with van der Waals surface area (Å²) in [5, 5.41) is 3.40. The molecule has 0 bridgehead atoms. The number of nitrogens with one attached hydrogen (secondary N) is 1. The van der Waals surface area contributed by atoms with Crippen molar-refractivity contribution in [2.75, 3.05) is 0 Å². The quantitative estimate of drug-likeness (QED) is 0.747. The van der Waals surface area contributed by atoms with Gasteiger partial charge in [0.1, 0.15) is 5.54 Å². The first-order valence-corrected chi connectivity index (χ1v) is 5.97. The molecule has 1 fully saturated rings. The lowest BCUT2D eigenvalue weighted by Crippen LogP contribution is -2.64. The summed E-state index contributed by atoms with van der Waals surface area (Å²) in [6.07, 6.45) is 3.18. The van der Waals surface area contributed by atoms with Gasteiger partial charge in [-0.2, -0.15) is 0 Å². The van der Waals surface area contributed by atoms with Crippen LogP contribution in [0.4, 0.5) is 0 Å². The first kappa shape index (κ1) is 12.5. The Morgan fingerprint density at radius 2 is 2.07 bits per heavy atom. The first-order chi connectivity index (χ1) is 6.90. The van der Waals surface area contributed by atoms with E-state index in [2.05, 4.69) is 33.0 Å². The average Bonchev–Trinajstić information content (AvgIpc) is 2.12. The molecule has 1 rings (SSSR count). The molecule has 0 aliphatic heterocycles. The van der Waals surface area contributed by atoms with Crippen molar-refractivity contribution in [2.45, 2.75) is 58.5 Å². The largest absolute Gasteiger partial charge is 0.368 e. The molecule has 3 atom stereocenters. The van der Waals surface area contributed by atoms with Crippen LogP contribution in [-0.2, 0) is 4.79 Å². The van der Waals surface area contributed by atoms with Crippen LogP contribution < -0.4 is 11.1 Å². The molecule has 0 heterocycles. The third-order valence-electron chi connectivity index (χ3n) is 3.85. The van der Waals surface area contributed by atoms with Crippen LogP contribution >= 0.6 is 0 Å². The van der Waals surface area contributed by atoms with E-state index in [0.717, 1.165) is 12.8 Å². The van der Waals surface area contributed by atoms with Crippen LogP contribution in [-0.4, -0.2) is 17.5 Å². The molecular formula is C12H24N2O. The monoisotopic (exact) mass is 212 g/mol. The fourth-order valence-electron chi connectivity index (χ4n) is 2.80. The smallest absolute Gasteiger partial charge is 0.238 e. The highest BCUT2D eigenvalue weighted by Gasteiger charge is 2.46. The molecule has 15 heavy (non-hydrogen) atoms. The van der Waals surface area contributed by atoms with Crippen LogP contribution in [0.2, 0.25) is 0 Å². The summed E-state index contributed by atoms with van der Waals surface area (Å²) in [5.74, 6) is 0.707. The van der Waals surface area contributed by atoms with Gasteiger partial charge in [0.15, 0.2) is 0 Å². The van der Waals surface area contributed by atoms with E-state index in [9.17, 15) is 4.79 Å². The van der Waals surface area contributed by atoms with Gasteiger partial charge in [-0.3, -0.25) is 4.79 Å². The van der Waals surface area contributed by atoms with Gasteiger partial charge < -0.3 is 11.1 Å². The maximum atomic E-state index is 11.7. The molecule has 0 aromatic heterocycles. The minimum absolute atomic E-state index is 0.185. The summed E-state index contributed by atoms with van der Waals surface area (Å²) < 4.78 is 0. The minimum Gasteiger partial charge on any atom is -0.368 e. The zero-order valence-corrected chi connectivity index (χ0v) is 10.3. The van der Waals surface area contributed by atoms with Crippen LogP contribution in [0.15, 0.2) is 0 Å². The zero-order valence-electron chi connectivity index (χ0n) is 10.3. The molecule has 0 spiro atoms. The van der Waals surface area contributed by atoms with Gasteiger partial charge in [-0.15, -0.1) is 0 Å². The van der Waals surface area contributed by atoms with Gasteiger partial charge in [0.05, 0.1) is 0 Å². The second kappa shape index (κ2) is 4.52. The van der Waals surface area contributed by atoms with Crippen molar-refractivity contribution in [2.24, 2.45) is 17.6 Å². The molecule has 0 saturated heterocycles. The Labute approximate surface area is 92.8 Å². The summed E-state index contributed by atoms with van der Waals surface area (Å²) in [5.41, 5.74) is 5.12. The van der Waals surface area contributed by atoms with Gasteiger partial charge >= 0.3 is 0 Å². The molecule has 3 nitrogen and oxygen atoms in total. The van der Waals surface area contributed by atoms with Gasteiger partial charge in [0.25, 0.3) is 0 Å². The number of hydrogen-bond acceptors (Lipinski definition) is 2. The molecule has 1 amide bonds. The van der Waals surface area contributed by atoms with Crippen molar-refractivity contribution in [1.29, 1.82) is 0 Å². The van der Waals surface area contributed by atoms with E-state index in [1.165, 1.54) is 6.42 Å². The number of carbonyl (C=O) groups excluding carboxylic acids is 1. The molecule has 3 N–H and O–H groups in total. The normalized spacial score (nSPS) is 36.9. The van der Waals surface area contributed by atoms with Crippen molar-refractivity contribution >= 4 is 5.91 Å². The predicted octanol–water partition coefficient (Wildman–Crippen LogP) is 1.66. The lowest BCUT2D eigenvalue weighted by molar-refractivity contribution is -0.129. The van der Waals surface area contributed by atoms with Crippen LogP contribution in [0.1, 0.15) is 47.0 Å². The van der Waals surface area contributed by atoms with Gasteiger partial charge in [-0.05, 0) is 32.1 Å². The van der Waals surface area contributed by atoms with Gasteiger partial charge in [0, 0.05) is 6.04 Å². The fourth-order valence-corrected chi connectivity index (χ4v) is 2.80. The van der Waals surface area contributed by atoms with Gasteiger partial charge in [-0.25, -0.2) is 0 Å². The highest BCUT2D eigenvalue weighted by atomic mass is 16.1. The third-order valence-corrected chi connectivity index (χ3v) is 3.85. The summed E-state index contributed by atoms with van der Waals surface area (Å²) >= 11 is 0. The van der Waals surface area contributed by atoms with E-state index in [1.807, 2.05) is 0 Å². The Morgan fingerprint density at radius 1 is 1.47 bits per heavy atom. The maximum absolute atomic E-state index is 11.7. The van der Waals surface area contributed by atoms with E-state index >= 15 is 0 Å². The summed E-state index contributed by atoms with van der Waals surface area (Å²) in [4.78, 5) is 11.7. The summed E-state index contributed by atoms with van der Waals surface area (Å²) in [6, 6.07) is 0.297. The number of carbonyl (C=O) groups is 1. The van der Waals surface area contributed by atoms with Crippen molar-refractivity contribution in [1.82, 2.24) is 5.32 Å². The Hall–Kier alpha value is -0.570. The predicted molar refractivity (Wildman–Crippen MR) is 62.4 cm³/mol. The zero-order chi connectivity index (χ0) is 11.6. The highest BCUT2D eigenvalue weighted by molar-refractivity contribution is 5.85. The number of rotatable bonds is 3. The number of nitrogens with two attached hydrogens (primary N) is 1. The van der Waals surface area contributed by atoms with E-state index in [0.29, 0.717) is 17.9 Å². The van der Waals surface area contributed by atoms with Crippen molar-refractivity contribution < 1.29 is 4.79 Å². The SMILES string of the molecule is CC(C)NC1(C(N)=O)CCCC(C)C1C. The molecule has 0 radical (unpaired) electrons. The van der Waals surface area contributed by atoms with Crippen molar-refractivity contribution in [3.05, 3.63) is 0 Å². The fraction of sp³-hybridized carbons (Fsp3) is 0.917. The molecule has 1 aliphatic rings. The molecule has 3 heteroatoms. The van der Waals surface area contributed by atoms with Crippen LogP contribution in [0, 0.1) is 11.8 Å². The van der Waals surface area contributed by atoms with E-state index in [1.54, 1.807) is 0 Å². The number of primary amides is 1. The number of hydrogen-bond donors (Lipinski definition) is 2. The topological polar surface area (TPSA) is 55.1 Å². The first-order valence-electron chi connectivity index (χ1n) is 5.97. The van der Waals surface area contributed by atoms with Gasteiger partial charge in [-0.1, -0.05) is 26.7 Å². The highest BCUT2D eigenvalue weighted by Crippen LogP contribution is 2.37. The Balaban J connectivity index is 2.92. The second-order valence-corrected chi connectivity index (χ2v) is 5.29. The lowest BCUT2D eigenvalue weighted by atomic mass is 9.67. The van der Waals surface area contributed by atoms with Crippen LogP contribution in [0.25, 0.3) is 0 Å². The van der Waals surface area contributed by atoms with Crippen molar-refractivity contribution in [3.8, 4) is 0 Å². The van der Waals surface area contributed by atoms with Crippen LogP contribution in [0.3, 0.4) is 0 Å². The average molecular weight is 212 g/mol. The molecular weight excluding hydrogens is 188 g/mol. The third kappa shape index (κ3) is 2.33. The summed E-state index contributed by atoms with van der Waals surface area (Å²) in [6.45, 7) is 8.49. The Kier molecular flexibility index (Phi) is 3.77. The minimum atomic E-state index is -0.480. The van der Waals surface area contributed by atoms with E-state index in [4.69, 9.17) is 5.73 Å². The van der Waals surface area contributed by atoms with Crippen LogP contribution in [0.5, 0.6) is 0 Å². The van der Waals surface area contributed by atoms with Gasteiger partial charge in [0.2, 0.25) is 5.91 Å².